The monoisotopic (exact) mass is 344 g/mol. The lowest BCUT2D eigenvalue weighted by Gasteiger charge is -2.20. The molecule has 0 bridgehead atoms. The van der Waals surface area contributed by atoms with E-state index >= 15 is 0 Å². The highest BCUT2D eigenvalue weighted by Crippen LogP contribution is 2.38. The van der Waals surface area contributed by atoms with E-state index in [0.29, 0.717) is 34.8 Å². The van der Waals surface area contributed by atoms with Crippen LogP contribution in [0.4, 0.5) is 0 Å². The largest absolute Gasteiger partial charge is 0.493 e. The molecule has 1 aliphatic heterocycles. The first-order valence-corrected chi connectivity index (χ1v) is 7.95. The van der Waals surface area contributed by atoms with E-state index in [1.165, 1.54) is 0 Å². The summed E-state index contributed by atoms with van der Waals surface area (Å²) < 4.78 is 5.56. The molecular weight excluding hydrogens is 323 g/mol. The van der Waals surface area contributed by atoms with Gasteiger partial charge in [-0.1, -0.05) is 11.6 Å². The van der Waals surface area contributed by atoms with Gasteiger partial charge in [0.05, 0.1) is 12.2 Å². The lowest BCUT2D eigenvalue weighted by molar-refractivity contribution is 0.0775. The molecule has 6 heteroatoms. The van der Waals surface area contributed by atoms with Gasteiger partial charge < -0.3 is 15.4 Å². The highest BCUT2D eigenvalue weighted by atomic mass is 35.5. The third kappa shape index (κ3) is 3.19. The maximum Gasteiger partial charge on any atom is 0.257 e. The summed E-state index contributed by atoms with van der Waals surface area (Å²) in [5.41, 5.74) is 6.73. The Morgan fingerprint density at radius 2 is 2.18 bits per heavy atom. The summed E-state index contributed by atoms with van der Waals surface area (Å²) in [7, 11) is 0. The molecule has 1 aromatic carbocycles. The number of ether oxygens (including phenoxy) is 1. The van der Waals surface area contributed by atoms with E-state index in [2.05, 4.69) is 0 Å². The molecule has 1 saturated heterocycles. The maximum absolute atomic E-state index is 12.8. The minimum atomic E-state index is 0. The Kier molecular flexibility index (Phi) is 5.59. The van der Waals surface area contributed by atoms with Crippen molar-refractivity contribution in [3.05, 3.63) is 28.8 Å². The summed E-state index contributed by atoms with van der Waals surface area (Å²) >= 11 is 5.99. The Balaban J connectivity index is 0.00000176. The van der Waals surface area contributed by atoms with Gasteiger partial charge in [-0.15, -0.1) is 12.4 Å². The maximum atomic E-state index is 12.8. The Bertz CT molecular complexity index is 553. The van der Waals surface area contributed by atoms with Gasteiger partial charge in [-0.2, -0.15) is 0 Å². The number of fused-ring (bicyclic) bond motifs is 1. The number of nitrogens with two attached hydrogens (primary N) is 1. The average molecular weight is 345 g/mol. The van der Waals surface area contributed by atoms with E-state index in [0.717, 1.165) is 25.9 Å². The third-order valence-corrected chi connectivity index (χ3v) is 4.91. The Hall–Kier alpha value is -0.970. The van der Waals surface area contributed by atoms with E-state index in [-0.39, 0.29) is 24.4 Å². The molecule has 0 aromatic heterocycles. The van der Waals surface area contributed by atoms with Crippen LogP contribution in [0.15, 0.2) is 18.2 Å². The molecule has 0 spiro atoms. The summed E-state index contributed by atoms with van der Waals surface area (Å²) in [5, 5.41) is 0.579. The molecule has 0 radical (unpaired) electrons. The standard InChI is InChI=1S/C16H21ClN2O2.ClH/c1-2-21-15-7-11(17)4-5-12(15)16(20)19-8-10-3-6-14(18)13(10)9-19;/h4-5,7,10,13-14H,2-3,6,8-9,18H2,1H3;1H. The van der Waals surface area contributed by atoms with E-state index in [9.17, 15) is 4.79 Å². The lowest BCUT2D eigenvalue weighted by atomic mass is 9.98. The smallest absolute Gasteiger partial charge is 0.257 e. The van der Waals surface area contributed by atoms with Crippen molar-refractivity contribution in [3.63, 3.8) is 0 Å². The molecule has 2 N–H and O–H groups in total. The average Bonchev–Trinajstić information content (AvgIpc) is 3.01. The van der Waals surface area contributed by atoms with Crippen LogP contribution in [0.25, 0.3) is 0 Å². The van der Waals surface area contributed by atoms with Gasteiger partial charge in [0.25, 0.3) is 5.91 Å². The number of rotatable bonds is 3. The van der Waals surface area contributed by atoms with Gasteiger partial charge in [-0.3, -0.25) is 4.79 Å². The number of nitrogens with zero attached hydrogens (tertiary/aromatic N) is 1. The Morgan fingerprint density at radius 3 is 2.86 bits per heavy atom. The van der Waals surface area contributed by atoms with Crippen molar-refractivity contribution in [2.24, 2.45) is 17.6 Å². The van der Waals surface area contributed by atoms with Crippen molar-refractivity contribution in [2.45, 2.75) is 25.8 Å². The summed E-state index contributed by atoms with van der Waals surface area (Å²) in [6.45, 7) is 3.98. The third-order valence-electron chi connectivity index (χ3n) is 4.67. The molecule has 1 aromatic rings. The van der Waals surface area contributed by atoms with Gasteiger partial charge >= 0.3 is 0 Å². The number of benzene rings is 1. The molecule has 3 rings (SSSR count). The van der Waals surface area contributed by atoms with Crippen LogP contribution in [0.1, 0.15) is 30.1 Å². The number of hydrogen-bond acceptors (Lipinski definition) is 3. The SMILES string of the molecule is CCOc1cc(Cl)ccc1C(=O)N1CC2CCC(N)C2C1.Cl. The minimum absolute atomic E-state index is 0. The van der Waals surface area contributed by atoms with Crippen molar-refractivity contribution in [1.82, 2.24) is 4.90 Å². The van der Waals surface area contributed by atoms with E-state index in [1.807, 2.05) is 11.8 Å². The highest BCUT2D eigenvalue weighted by molar-refractivity contribution is 6.30. The first-order chi connectivity index (χ1) is 10.1. The van der Waals surface area contributed by atoms with Crippen molar-refractivity contribution in [2.75, 3.05) is 19.7 Å². The molecule has 4 nitrogen and oxygen atoms in total. The Labute approximate surface area is 142 Å². The van der Waals surface area contributed by atoms with Crippen molar-refractivity contribution >= 4 is 29.9 Å². The number of amides is 1. The predicted octanol–water partition coefficient (Wildman–Crippen LogP) is 2.97. The molecule has 22 heavy (non-hydrogen) atoms. The second-order valence-corrected chi connectivity index (χ2v) is 6.39. The molecule has 2 fully saturated rings. The van der Waals surface area contributed by atoms with Gasteiger partial charge in [-0.25, -0.2) is 0 Å². The summed E-state index contributed by atoms with van der Waals surface area (Å²) in [4.78, 5) is 14.7. The summed E-state index contributed by atoms with van der Waals surface area (Å²) in [5.74, 6) is 1.61. The summed E-state index contributed by atoms with van der Waals surface area (Å²) in [6, 6.07) is 5.44. The first-order valence-electron chi connectivity index (χ1n) is 7.57. The molecule has 1 saturated carbocycles. The fourth-order valence-corrected chi connectivity index (χ4v) is 3.75. The van der Waals surface area contributed by atoms with Crippen LogP contribution in [0.5, 0.6) is 5.75 Å². The van der Waals surface area contributed by atoms with Crippen LogP contribution >= 0.6 is 24.0 Å². The van der Waals surface area contributed by atoms with Crippen LogP contribution in [0.2, 0.25) is 5.02 Å². The van der Waals surface area contributed by atoms with Crippen LogP contribution in [-0.4, -0.2) is 36.5 Å². The van der Waals surface area contributed by atoms with E-state index in [1.54, 1.807) is 18.2 Å². The molecule has 3 atom stereocenters. The van der Waals surface area contributed by atoms with Crippen LogP contribution in [-0.2, 0) is 0 Å². The zero-order valence-corrected chi connectivity index (χ0v) is 14.2. The minimum Gasteiger partial charge on any atom is -0.493 e. The number of halogens is 2. The lowest BCUT2D eigenvalue weighted by Crippen LogP contribution is -2.33. The number of likely N-dealkylation sites (tertiary alicyclic amines) is 1. The Morgan fingerprint density at radius 1 is 1.41 bits per heavy atom. The second kappa shape index (κ2) is 7.07. The second-order valence-electron chi connectivity index (χ2n) is 5.95. The fraction of sp³-hybridized carbons (Fsp3) is 0.562. The molecule has 3 unspecified atom stereocenters. The number of hydrogen-bond donors (Lipinski definition) is 1. The van der Waals surface area contributed by atoms with Crippen molar-refractivity contribution < 1.29 is 9.53 Å². The van der Waals surface area contributed by atoms with Crippen LogP contribution in [0.3, 0.4) is 0 Å². The molecule has 122 valence electrons. The van der Waals surface area contributed by atoms with Gasteiger partial charge in [0, 0.05) is 24.2 Å². The quantitative estimate of drug-likeness (QED) is 0.916. The van der Waals surface area contributed by atoms with E-state index in [4.69, 9.17) is 22.1 Å². The van der Waals surface area contributed by atoms with Gasteiger partial charge in [0.1, 0.15) is 5.75 Å². The van der Waals surface area contributed by atoms with E-state index < -0.39 is 0 Å². The molecule has 1 aliphatic carbocycles. The summed E-state index contributed by atoms with van der Waals surface area (Å²) in [6.07, 6.45) is 2.22. The van der Waals surface area contributed by atoms with Gasteiger partial charge in [-0.05, 0) is 49.8 Å². The van der Waals surface area contributed by atoms with Crippen molar-refractivity contribution in [1.29, 1.82) is 0 Å². The topological polar surface area (TPSA) is 55.6 Å². The molecule has 1 amide bonds. The van der Waals surface area contributed by atoms with Crippen LogP contribution < -0.4 is 10.5 Å². The first kappa shape index (κ1) is 17.4. The normalized spacial score (nSPS) is 26.5. The molecule has 2 aliphatic rings. The highest BCUT2D eigenvalue weighted by Gasteiger charge is 2.42. The number of carbonyl (C=O) groups excluding carboxylic acids is 1. The van der Waals surface area contributed by atoms with Crippen molar-refractivity contribution in [3.8, 4) is 5.75 Å². The number of carbonyl (C=O) groups is 1. The van der Waals surface area contributed by atoms with Crippen LogP contribution in [0, 0.1) is 11.8 Å². The van der Waals surface area contributed by atoms with Gasteiger partial charge in [0.15, 0.2) is 0 Å². The van der Waals surface area contributed by atoms with Gasteiger partial charge in [0.2, 0.25) is 0 Å². The zero-order chi connectivity index (χ0) is 15.0. The molecule has 1 heterocycles. The molecular formula is C16H22Cl2N2O2. The fourth-order valence-electron chi connectivity index (χ4n) is 3.59. The zero-order valence-electron chi connectivity index (χ0n) is 12.6. The predicted molar refractivity (Wildman–Crippen MR) is 90.0 cm³/mol.